The van der Waals surface area contributed by atoms with E-state index in [0.717, 1.165) is 17.9 Å². The van der Waals surface area contributed by atoms with E-state index in [4.69, 9.17) is 10.5 Å². The molecule has 1 aliphatic rings. The van der Waals surface area contributed by atoms with Gasteiger partial charge in [0, 0.05) is 12.1 Å². The van der Waals surface area contributed by atoms with Crippen LogP contribution < -0.4 is 10.5 Å². The zero-order valence-electron chi connectivity index (χ0n) is 10.9. The number of benzene rings is 1. The number of nitrogens with zero attached hydrogens (tertiary/aromatic N) is 4. The first kappa shape index (κ1) is 12.0. The molecule has 6 nitrogen and oxygen atoms in total. The Balaban J connectivity index is 1.88. The molecule has 0 saturated heterocycles. The summed E-state index contributed by atoms with van der Waals surface area (Å²) in [5, 5.41) is 11.9. The predicted molar refractivity (Wildman–Crippen MR) is 71.6 cm³/mol. The first-order chi connectivity index (χ1) is 9.28. The quantitative estimate of drug-likeness (QED) is 0.846. The molecule has 2 N–H and O–H groups in total. The largest absolute Gasteiger partial charge is 0.495 e. The monoisotopic (exact) mass is 259 g/mol. The lowest BCUT2D eigenvalue weighted by Crippen LogP contribution is -2.19. The molecule has 0 unspecified atom stereocenters. The van der Waals surface area contributed by atoms with Crippen molar-refractivity contribution >= 4 is 5.69 Å². The Kier molecular flexibility index (Phi) is 3.06. The first-order valence-electron chi connectivity index (χ1n) is 6.48. The topological polar surface area (TPSA) is 78.9 Å². The van der Waals surface area contributed by atoms with E-state index in [1.165, 1.54) is 19.3 Å². The summed E-state index contributed by atoms with van der Waals surface area (Å²) in [5.74, 6) is 2.14. The molecule has 1 aromatic carbocycles. The molecule has 100 valence electrons. The summed E-state index contributed by atoms with van der Waals surface area (Å²) in [7, 11) is 1.60. The maximum Gasteiger partial charge on any atom is 0.182 e. The van der Waals surface area contributed by atoms with Gasteiger partial charge in [-0.3, -0.25) is 0 Å². The van der Waals surface area contributed by atoms with E-state index < -0.39 is 0 Å². The van der Waals surface area contributed by atoms with Crippen molar-refractivity contribution in [3.05, 3.63) is 18.2 Å². The Morgan fingerprint density at radius 2 is 2.26 bits per heavy atom. The van der Waals surface area contributed by atoms with Crippen LogP contribution in [0.15, 0.2) is 18.2 Å². The zero-order chi connectivity index (χ0) is 13.2. The van der Waals surface area contributed by atoms with Crippen molar-refractivity contribution in [1.29, 1.82) is 0 Å². The molecule has 0 aliphatic heterocycles. The third-order valence-electron chi connectivity index (χ3n) is 3.68. The van der Waals surface area contributed by atoms with E-state index in [1.54, 1.807) is 7.11 Å². The second-order valence-corrected chi connectivity index (χ2v) is 4.94. The fourth-order valence-corrected chi connectivity index (χ4v) is 2.33. The number of hydrogen-bond donors (Lipinski definition) is 1. The zero-order valence-corrected chi connectivity index (χ0v) is 10.9. The van der Waals surface area contributed by atoms with Gasteiger partial charge in [-0.2, -0.15) is 0 Å². The Morgan fingerprint density at radius 3 is 2.89 bits per heavy atom. The van der Waals surface area contributed by atoms with E-state index in [0.29, 0.717) is 17.4 Å². The van der Waals surface area contributed by atoms with Crippen molar-refractivity contribution < 1.29 is 4.74 Å². The number of nitrogens with two attached hydrogens (primary N) is 1. The molecule has 1 aromatic heterocycles. The summed E-state index contributed by atoms with van der Waals surface area (Å²) in [6.45, 7) is 0.883. The number of ether oxygens (including phenoxy) is 1. The van der Waals surface area contributed by atoms with Gasteiger partial charge in [0.15, 0.2) is 5.82 Å². The minimum atomic E-state index is 0.596. The standard InChI is InChI=1S/C13H17N5O/c1-19-12-6-5-10(7-11(12)14)13-15-16-17-18(13)8-9-3-2-4-9/h5-7,9H,2-4,8,14H2,1H3. The third-order valence-corrected chi connectivity index (χ3v) is 3.68. The molecule has 0 spiro atoms. The fraction of sp³-hybridized carbons (Fsp3) is 0.462. The molecule has 19 heavy (non-hydrogen) atoms. The van der Waals surface area contributed by atoms with Gasteiger partial charge >= 0.3 is 0 Å². The van der Waals surface area contributed by atoms with Crippen LogP contribution >= 0.6 is 0 Å². The molecule has 0 radical (unpaired) electrons. The SMILES string of the molecule is COc1ccc(-c2nnnn2CC2CCC2)cc1N. The fourth-order valence-electron chi connectivity index (χ4n) is 2.33. The average Bonchev–Trinajstić information content (AvgIpc) is 2.82. The molecular weight excluding hydrogens is 242 g/mol. The van der Waals surface area contributed by atoms with Crippen molar-refractivity contribution in [2.75, 3.05) is 12.8 Å². The highest BCUT2D eigenvalue weighted by atomic mass is 16.5. The summed E-state index contributed by atoms with van der Waals surface area (Å²) >= 11 is 0. The van der Waals surface area contributed by atoms with Gasteiger partial charge in [0.2, 0.25) is 0 Å². The summed E-state index contributed by atoms with van der Waals surface area (Å²) in [5.41, 5.74) is 7.44. The van der Waals surface area contributed by atoms with Crippen LogP contribution in [-0.4, -0.2) is 27.3 Å². The van der Waals surface area contributed by atoms with Gasteiger partial charge in [-0.25, -0.2) is 4.68 Å². The van der Waals surface area contributed by atoms with Crippen LogP contribution in [0, 0.1) is 5.92 Å². The van der Waals surface area contributed by atoms with E-state index in [2.05, 4.69) is 15.5 Å². The van der Waals surface area contributed by atoms with Gasteiger partial charge in [0.25, 0.3) is 0 Å². The molecule has 0 bridgehead atoms. The van der Waals surface area contributed by atoms with Crippen LogP contribution in [0.1, 0.15) is 19.3 Å². The number of nitrogen functional groups attached to an aromatic ring is 1. The number of aromatic nitrogens is 4. The van der Waals surface area contributed by atoms with E-state index >= 15 is 0 Å². The highest BCUT2D eigenvalue weighted by Gasteiger charge is 2.20. The first-order valence-corrected chi connectivity index (χ1v) is 6.48. The lowest BCUT2D eigenvalue weighted by Gasteiger charge is -2.25. The summed E-state index contributed by atoms with van der Waals surface area (Å²) < 4.78 is 7.02. The van der Waals surface area contributed by atoms with Gasteiger partial charge in [0.1, 0.15) is 5.75 Å². The van der Waals surface area contributed by atoms with Crippen LogP contribution in [0.4, 0.5) is 5.69 Å². The van der Waals surface area contributed by atoms with Crippen molar-refractivity contribution in [3.8, 4) is 17.1 Å². The molecule has 6 heteroatoms. The molecule has 2 aromatic rings. The highest BCUT2D eigenvalue weighted by molar-refractivity contribution is 5.66. The second-order valence-electron chi connectivity index (χ2n) is 4.94. The summed E-state index contributed by atoms with van der Waals surface area (Å²) in [4.78, 5) is 0. The number of tetrazole rings is 1. The van der Waals surface area contributed by atoms with Crippen LogP contribution in [0.5, 0.6) is 5.75 Å². The van der Waals surface area contributed by atoms with Gasteiger partial charge < -0.3 is 10.5 Å². The highest BCUT2D eigenvalue weighted by Crippen LogP contribution is 2.30. The van der Waals surface area contributed by atoms with Crippen molar-refractivity contribution in [2.24, 2.45) is 5.92 Å². The molecule has 1 saturated carbocycles. The lowest BCUT2D eigenvalue weighted by atomic mass is 9.85. The molecule has 1 heterocycles. The Labute approximate surface area is 111 Å². The van der Waals surface area contributed by atoms with Crippen molar-refractivity contribution in [3.63, 3.8) is 0 Å². The molecular formula is C13H17N5O. The predicted octanol–water partition coefficient (Wildman–Crippen LogP) is 1.73. The van der Waals surface area contributed by atoms with Crippen LogP contribution in [0.3, 0.4) is 0 Å². The third kappa shape index (κ3) is 2.25. The van der Waals surface area contributed by atoms with Gasteiger partial charge in [-0.1, -0.05) is 6.42 Å². The minimum absolute atomic E-state index is 0.596. The molecule has 3 rings (SSSR count). The molecule has 0 atom stereocenters. The number of hydrogen-bond acceptors (Lipinski definition) is 5. The molecule has 1 fully saturated rings. The van der Waals surface area contributed by atoms with Crippen LogP contribution in [-0.2, 0) is 6.54 Å². The van der Waals surface area contributed by atoms with E-state index in [1.807, 2.05) is 22.9 Å². The number of anilines is 1. The van der Waals surface area contributed by atoms with Crippen molar-refractivity contribution in [1.82, 2.24) is 20.2 Å². The second kappa shape index (κ2) is 4.87. The number of rotatable bonds is 4. The summed E-state index contributed by atoms with van der Waals surface area (Å²) in [6.07, 6.45) is 3.85. The van der Waals surface area contributed by atoms with Gasteiger partial charge in [0.05, 0.1) is 12.8 Å². The molecule has 1 aliphatic carbocycles. The van der Waals surface area contributed by atoms with Crippen molar-refractivity contribution in [2.45, 2.75) is 25.8 Å². The Morgan fingerprint density at radius 1 is 1.42 bits per heavy atom. The van der Waals surface area contributed by atoms with Gasteiger partial charge in [-0.15, -0.1) is 5.10 Å². The normalized spacial score (nSPS) is 15.2. The van der Waals surface area contributed by atoms with E-state index in [-0.39, 0.29) is 0 Å². The minimum Gasteiger partial charge on any atom is -0.495 e. The van der Waals surface area contributed by atoms with Crippen LogP contribution in [0.2, 0.25) is 0 Å². The average molecular weight is 259 g/mol. The van der Waals surface area contributed by atoms with E-state index in [9.17, 15) is 0 Å². The van der Waals surface area contributed by atoms with Gasteiger partial charge in [-0.05, 0) is 47.4 Å². The maximum atomic E-state index is 5.92. The van der Waals surface area contributed by atoms with Crippen LogP contribution in [0.25, 0.3) is 11.4 Å². The summed E-state index contributed by atoms with van der Waals surface area (Å²) in [6, 6.07) is 5.62. The molecule has 0 amide bonds. The number of methoxy groups -OCH3 is 1. The smallest absolute Gasteiger partial charge is 0.182 e. The maximum absolute atomic E-state index is 5.92. The Hall–Kier alpha value is -2.11. The lowest BCUT2D eigenvalue weighted by molar-refractivity contribution is 0.265. The Bertz CT molecular complexity index is 576.